The number of carbonyl (C=O) groups excluding carboxylic acids is 1. The van der Waals surface area contributed by atoms with Crippen LogP contribution in [0.15, 0.2) is 40.7 Å². The molecule has 0 aliphatic rings. The Morgan fingerprint density at radius 2 is 1.97 bits per heavy atom. The van der Waals surface area contributed by atoms with Gasteiger partial charge in [-0.2, -0.15) is 0 Å². The number of nitrogens with zero attached hydrogens (tertiary/aromatic N) is 2. The molecule has 166 valence electrons. The van der Waals surface area contributed by atoms with E-state index in [2.05, 4.69) is 22.2 Å². The van der Waals surface area contributed by atoms with Crippen LogP contribution in [0.25, 0.3) is 10.2 Å². The summed E-state index contributed by atoms with van der Waals surface area (Å²) < 4.78 is 1.93. The number of benzene rings is 2. The molecule has 0 radical (unpaired) electrons. The normalized spacial score (nSPS) is 11.4. The maximum Gasteiger partial charge on any atom is 0.230 e. The number of hydrogen-bond acceptors (Lipinski definition) is 6. The second-order valence-electron chi connectivity index (χ2n) is 7.35. The van der Waals surface area contributed by atoms with Gasteiger partial charge >= 0.3 is 0 Å². The van der Waals surface area contributed by atoms with Crippen molar-refractivity contribution in [2.75, 3.05) is 38.2 Å². The van der Waals surface area contributed by atoms with Crippen molar-refractivity contribution in [2.45, 2.75) is 23.6 Å². The van der Waals surface area contributed by atoms with Crippen molar-refractivity contribution in [3.8, 4) is 0 Å². The average molecular weight is 498 g/mol. The minimum atomic E-state index is 0.0334. The molecule has 3 N–H and O–H groups in total. The Hall–Kier alpha value is -1.51. The van der Waals surface area contributed by atoms with Crippen molar-refractivity contribution in [1.29, 1.82) is 0 Å². The van der Waals surface area contributed by atoms with Crippen molar-refractivity contribution in [3.05, 3.63) is 52.0 Å². The summed E-state index contributed by atoms with van der Waals surface area (Å²) in [6.45, 7) is 2.60. The first-order valence-electron chi connectivity index (χ1n) is 10.1. The molecule has 31 heavy (non-hydrogen) atoms. The first-order chi connectivity index (χ1) is 14.9. The van der Waals surface area contributed by atoms with E-state index in [0.717, 1.165) is 52.6 Å². The molecule has 0 atom stereocenters. The Kier molecular flexibility index (Phi) is 9.29. The molecule has 0 unspecified atom stereocenters. The first-order valence-corrected chi connectivity index (χ1v) is 12.6. The number of amides is 1. The predicted molar refractivity (Wildman–Crippen MR) is 135 cm³/mol. The van der Waals surface area contributed by atoms with Gasteiger partial charge in [0, 0.05) is 12.2 Å². The standard InChI is InChI=1S/C22H26Cl2N4OS2/c1-28(10-2-4-15-5-7-17(23)18(24)12-15)11-3-9-26-21(29)14-30-22-27-19-8-6-16(25)13-20(19)31-22/h5-8,12-13H,2-4,9-11,14,25H2,1H3,(H,26,29). The number of carbonyl (C=O) groups is 1. The summed E-state index contributed by atoms with van der Waals surface area (Å²) in [6.07, 6.45) is 2.93. The second kappa shape index (κ2) is 11.9. The van der Waals surface area contributed by atoms with Gasteiger partial charge in [0.05, 0.1) is 26.0 Å². The number of aromatic nitrogens is 1. The third-order valence-corrected chi connectivity index (χ3v) is 7.65. The fourth-order valence-electron chi connectivity index (χ4n) is 3.10. The monoisotopic (exact) mass is 496 g/mol. The summed E-state index contributed by atoms with van der Waals surface area (Å²) in [4.78, 5) is 18.9. The lowest BCUT2D eigenvalue weighted by atomic mass is 10.1. The van der Waals surface area contributed by atoms with Crippen molar-refractivity contribution in [1.82, 2.24) is 15.2 Å². The van der Waals surface area contributed by atoms with Crippen LogP contribution < -0.4 is 11.1 Å². The van der Waals surface area contributed by atoms with E-state index in [1.165, 1.54) is 17.3 Å². The zero-order valence-electron chi connectivity index (χ0n) is 17.4. The molecule has 3 aromatic rings. The highest BCUT2D eigenvalue weighted by atomic mass is 35.5. The highest BCUT2D eigenvalue weighted by Gasteiger charge is 2.08. The fraction of sp³-hybridized carbons (Fsp3) is 0.364. The number of fused-ring (bicyclic) bond motifs is 1. The fourth-order valence-corrected chi connectivity index (χ4v) is 5.36. The molecule has 0 saturated carbocycles. The predicted octanol–water partition coefficient (Wildman–Crippen LogP) is 5.35. The summed E-state index contributed by atoms with van der Waals surface area (Å²) in [5.74, 6) is 0.403. The molecular weight excluding hydrogens is 471 g/mol. The molecule has 2 aromatic carbocycles. The van der Waals surface area contributed by atoms with Gasteiger partial charge in [-0.15, -0.1) is 11.3 Å². The topological polar surface area (TPSA) is 71.2 Å². The molecule has 5 nitrogen and oxygen atoms in total. The summed E-state index contributed by atoms with van der Waals surface area (Å²) >= 11 is 15.0. The smallest absolute Gasteiger partial charge is 0.230 e. The number of anilines is 1. The number of thiazole rings is 1. The maximum absolute atomic E-state index is 12.1. The van der Waals surface area contributed by atoms with E-state index in [-0.39, 0.29) is 5.91 Å². The first kappa shape index (κ1) is 24.1. The SMILES string of the molecule is CN(CCCNC(=O)CSc1nc2ccc(N)cc2s1)CCCc1ccc(Cl)c(Cl)c1. The van der Waals surface area contributed by atoms with Crippen molar-refractivity contribution >= 4 is 68.1 Å². The highest BCUT2D eigenvalue weighted by molar-refractivity contribution is 8.01. The van der Waals surface area contributed by atoms with Crippen molar-refractivity contribution < 1.29 is 4.79 Å². The van der Waals surface area contributed by atoms with E-state index < -0.39 is 0 Å². The third-order valence-electron chi connectivity index (χ3n) is 4.75. The molecule has 1 heterocycles. The number of nitrogens with one attached hydrogen (secondary N) is 1. The number of nitrogen functional groups attached to an aromatic ring is 1. The molecule has 0 fully saturated rings. The molecule has 1 aromatic heterocycles. The van der Waals surface area contributed by atoms with Crippen LogP contribution in [0.2, 0.25) is 10.0 Å². The van der Waals surface area contributed by atoms with Gasteiger partial charge in [0.25, 0.3) is 0 Å². The van der Waals surface area contributed by atoms with Gasteiger partial charge in [-0.05, 0) is 75.3 Å². The zero-order valence-corrected chi connectivity index (χ0v) is 20.5. The van der Waals surface area contributed by atoms with Crippen LogP contribution in [0.4, 0.5) is 5.69 Å². The van der Waals surface area contributed by atoms with E-state index in [0.29, 0.717) is 22.3 Å². The molecule has 0 spiro atoms. The van der Waals surface area contributed by atoms with Crippen LogP contribution in [0, 0.1) is 0 Å². The Labute approximate surface area is 201 Å². The lowest BCUT2D eigenvalue weighted by Gasteiger charge is -2.16. The number of thioether (sulfide) groups is 1. The van der Waals surface area contributed by atoms with E-state index in [1.54, 1.807) is 11.3 Å². The molecule has 9 heteroatoms. The molecule has 1 amide bonds. The van der Waals surface area contributed by atoms with E-state index >= 15 is 0 Å². The van der Waals surface area contributed by atoms with Gasteiger partial charge in [-0.25, -0.2) is 4.98 Å². The van der Waals surface area contributed by atoms with Gasteiger partial charge in [0.15, 0.2) is 4.34 Å². The minimum Gasteiger partial charge on any atom is -0.399 e. The van der Waals surface area contributed by atoms with E-state index in [4.69, 9.17) is 28.9 Å². The van der Waals surface area contributed by atoms with Crippen molar-refractivity contribution in [2.24, 2.45) is 0 Å². The summed E-state index contributed by atoms with van der Waals surface area (Å²) in [6, 6.07) is 11.5. The Bertz CT molecular complexity index is 1030. The Morgan fingerprint density at radius 1 is 1.16 bits per heavy atom. The molecule has 0 bridgehead atoms. The quantitative estimate of drug-likeness (QED) is 0.212. The zero-order chi connectivity index (χ0) is 22.2. The van der Waals surface area contributed by atoms with Crippen LogP contribution in [-0.2, 0) is 11.2 Å². The molecular formula is C22H26Cl2N4OS2. The van der Waals surface area contributed by atoms with E-state index in [9.17, 15) is 4.79 Å². The van der Waals surface area contributed by atoms with Crippen LogP contribution in [-0.4, -0.2) is 48.2 Å². The minimum absolute atomic E-state index is 0.0334. The Morgan fingerprint density at radius 3 is 2.77 bits per heavy atom. The third kappa shape index (κ3) is 7.84. The number of hydrogen-bond donors (Lipinski definition) is 2. The summed E-state index contributed by atoms with van der Waals surface area (Å²) in [5.41, 5.74) is 8.65. The Balaban J connectivity index is 1.27. The molecule has 3 rings (SSSR count). The average Bonchev–Trinajstić information content (AvgIpc) is 3.14. The van der Waals surface area contributed by atoms with Gasteiger partial charge in [-0.1, -0.05) is 41.0 Å². The number of rotatable bonds is 11. The molecule has 0 aliphatic heterocycles. The van der Waals surface area contributed by atoms with Crippen LogP contribution in [0.3, 0.4) is 0 Å². The summed E-state index contributed by atoms with van der Waals surface area (Å²) in [5, 5.41) is 4.18. The lowest BCUT2D eigenvalue weighted by molar-refractivity contribution is -0.118. The number of nitrogens with two attached hydrogens (primary N) is 1. The second-order valence-corrected chi connectivity index (χ2v) is 10.4. The van der Waals surface area contributed by atoms with Crippen LogP contribution in [0.5, 0.6) is 0 Å². The maximum atomic E-state index is 12.1. The lowest BCUT2D eigenvalue weighted by Crippen LogP contribution is -2.29. The van der Waals surface area contributed by atoms with Crippen LogP contribution >= 0.6 is 46.3 Å². The van der Waals surface area contributed by atoms with Crippen molar-refractivity contribution in [3.63, 3.8) is 0 Å². The molecule has 0 aliphatic carbocycles. The number of aryl methyl sites for hydroxylation is 1. The van der Waals surface area contributed by atoms with Crippen LogP contribution in [0.1, 0.15) is 18.4 Å². The largest absolute Gasteiger partial charge is 0.399 e. The molecule has 0 saturated heterocycles. The highest BCUT2D eigenvalue weighted by Crippen LogP contribution is 2.30. The van der Waals surface area contributed by atoms with Gasteiger partial charge in [0.1, 0.15) is 0 Å². The van der Waals surface area contributed by atoms with Gasteiger partial charge in [-0.3, -0.25) is 4.79 Å². The van der Waals surface area contributed by atoms with E-state index in [1.807, 2.05) is 36.4 Å². The van der Waals surface area contributed by atoms with Gasteiger partial charge < -0.3 is 16.0 Å². The summed E-state index contributed by atoms with van der Waals surface area (Å²) in [7, 11) is 2.10. The number of halogens is 2. The van der Waals surface area contributed by atoms with Gasteiger partial charge in [0.2, 0.25) is 5.91 Å².